The van der Waals surface area contributed by atoms with Gasteiger partial charge in [-0.05, 0) is 43.7 Å². The van der Waals surface area contributed by atoms with E-state index in [1.807, 2.05) is 0 Å². The summed E-state index contributed by atoms with van der Waals surface area (Å²) in [6.07, 6.45) is -6.20. The van der Waals surface area contributed by atoms with Crippen LogP contribution in [0.3, 0.4) is 0 Å². The summed E-state index contributed by atoms with van der Waals surface area (Å²) < 4.78 is 100. The lowest BCUT2D eigenvalue weighted by Gasteiger charge is -2.32. The van der Waals surface area contributed by atoms with Crippen molar-refractivity contribution < 1.29 is 54.7 Å². The normalized spacial score (nSPS) is 19.5. The van der Waals surface area contributed by atoms with Gasteiger partial charge in [0.1, 0.15) is 24.5 Å². The highest BCUT2D eigenvalue weighted by Gasteiger charge is 2.43. The van der Waals surface area contributed by atoms with Crippen LogP contribution in [0.15, 0.2) is 48.7 Å². The van der Waals surface area contributed by atoms with Crippen molar-refractivity contribution in [3.8, 4) is 5.75 Å². The quantitative estimate of drug-likeness (QED) is 0.193. The first-order valence-corrected chi connectivity index (χ1v) is 14.4. The molecular weight excluding hydrogens is 643 g/mol. The molecule has 0 spiro atoms. The fourth-order valence-electron chi connectivity index (χ4n) is 5.72. The summed E-state index contributed by atoms with van der Waals surface area (Å²) in [6.45, 7) is -0.424. The molecular formula is C30H28F7N5O5. The van der Waals surface area contributed by atoms with Crippen LogP contribution in [0, 0.1) is 0 Å². The number of rotatable bonds is 7. The molecule has 3 heterocycles. The maximum absolute atomic E-state index is 15.1. The minimum Gasteiger partial charge on any atom is -0.406 e. The van der Waals surface area contributed by atoms with Gasteiger partial charge in [0, 0.05) is 53.8 Å². The highest BCUT2D eigenvalue weighted by Crippen LogP contribution is 2.32. The molecule has 0 radical (unpaired) electrons. The number of halogens is 7. The lowest BCUT2D eigenvalue weighted by molar-refractivity contribution is -0.274. The molecule has 2 atom stereocenters. The molecule has 17 heteroatoms. The number of nitrogens with zero attached hydrogens (tertiary/aromatic N) is 4. The Hall–Kier alpha value is -4.83. The molecule has 4 amide bonds. The second-order valence-electron chi connectivity index (χ2n) is 11.3. The zero-order valence-corrected chi connectivity index (χ0v) is 24.7. The highest BCUT2D eigenvalue weighted by molar-refractivity contribution is 6.08. The van der Waals surface area contributed by atoms with E-state index >= 15 is 4.48 Å². The number of urea groups is 1. The van der Waals surface area contributed by atoms with Gasteiger partial charge >= 0.3 is 12.4 Å². The Morgan fingerprint density at radius 1 is 1.11 bits per heavy atom. The largest absolute Gasteiger partial charge is 0.573 e. The summed E-state index contributed by atoms with van der Waals surface area (Å²) in [4.78, 5) is 53.3. The number of likely N-dealkylation sites (tertiary alicyclic amines) is 2. The Balaban J connectivity index is 1.34. The van der Waals surface area contributed by atoms with Crippen molar-refractivity contribution in [3.05, 3.63) is 54.2 Å². The van der Waals surface area contributed by atoms with Crippen LogP contribution in [-0.2, 0) is 16.1 Å². The van der Waals surface area contributed by atoms with Crippen molar-refractivity contribution in [2.75, 3.05) is 30.1 Å². The molecule has 3 aromatic rings. The molecule has 10 nitrogen and oxygen atoms in total. The van der Waals surface area contributed by atoms with E-state index in [9.17, 15) is 45.5 Å². The fourth-order valence-corrected chi connectivity index (χ4v) is 5.72. The van der Waals surface area contributed by atoms with E-state index < -0.39 is 90.7 Å². The molecule has 2 aliphatic rings. The minimum absolute atomic E-state index is 0.130. The topological polar surface area (TPSA) is 104 Å². The number of benzene rings is 2. The second kappa shape index (κ2) is 12.8. The summed E-state index contributed by atoms with van der Waals surface area (Å²) >= 11 is 0. The number of amides is 4. The van der Waals surface area contributed by atoms with Gasteiger partial charge in [-0.3, -0.25) is 14.4 Å². The zero-order valence-electron chi connectivity index (χ0n) is 24.7. The van der Waals surface area contributed by atoms with E-state index in [1.54, 1.807) is 0 Å². The molecule has 0 bridgehead atoms. The zero-order chi connectivity index (χ0) is 34.3. The van der Waals surface area contributed by atoms with E-state index in [-0.39, 0.29) is 30.6 Å². The average Bonchev–Trinajstić information content (AvgIpc) is 3.55. The molecule has 252 valence electrons. The maximum atomic E-state index is 15.1. The van der Waals surface area contributed by atoms with Gasteiger partial charge in [0.25, 0.3) is 11.8 Å². The number of hydrogen-bond acceptors (Lipinski definition) is 5. The average molecular weight is 672 g/mol. The molecule has 0 saturated carbocycles. The monoisotopic (exact) mass is 671 g/mol. The third kappa shape index (κ3) is 7.60. The van der Waals surface area contributed by atoms with Gasteiger partial charge in [0.05, 0.1) is 18.8 Å². The third-order valence-electron chi connectivity index (χ3n) is 7.82. The van der Waals surface area contributed by atoms with E-state index in [1.165, 1.54) is 35.9 Å². The molecule has 2 aliphatic heterocycles. The molecule has 0 unspecified atom stereocenters. The van der Waals surface area contributed by atoms with Crippen molar-refractivity contribution in [1.29, 1.82) is 0 Å². The Kier molecular flexibility index (Phi) is 9.10. The predicted molar refractivity (Wildman–Crippen MR) is 153 cm³/mol. The number of ether oxygens (including phenoxy) is 1. The molecule has 5 rings (SSSR count). The standard InChI is InChI=1S/C30H28F7N5O5/c1-17(43)23-14-40(24-7-6-19(11-22(23)24)38-28(46)39-9-3-8-29(32,33)16-39)15-26(44)41-13-18(31)10-25(41)27(45)42(37)20-4-2-5-21(12-20)47-30(34,35)36/h2,4-7,11-12,14,18,25H,3,8-10,13,15-16H2,1H3,(H,38,46)/t18-,25+/m1/s1. The molecule has 1 aromatic heterocycles. The Labute approximate surface area is 262 Å². The number of ketones is 1. The maximum Gasteiger partial charge on any atom is 0.573 e. The summed E-state index contributed by atoms with van der Waals surface area (Å²) in [5.74, 6) is -6.43. The van der Waals surface area contributed by atoms with Crippen LogP contribution >= 0.6 is 0 Å². The van der Waals surface area contributed by atoms with Gasteiger partial charge in [0.2, 0.25) is 5.91 Å². The number of hydrogen-bond donors (Lipinski definition) is 1. The van der Waals surface area contributed by atoms with Crippen molar-refractivity contribution in [1.82, 2.24) is 14.4 Å². The van der Waals surface area contributed by atoms with E-state index in [0.29, 0.717) is 17.0 Å². The first-order chi connectivity index (χ1) is 22.0. The number of fused-ring (bicyclic) bond motifs is 1. The lowest BCUT2D eigenvalue weighted by atomic mass is 10.1. The third-order valence-corrected chi connectivity index (χ3v) is 7.82. The number of Topliss-reactive ketones (excluding diaryl/α,β-unsaturated/α-hetero) is 1. The molecule has 0 aliphatic carbocycles. The van der Waals surface area contributed by atoms with Gasteiger partial charge in [-0.2, -0.15) is 0 Å². The number of carbonyl (C=O) groups excluding carboxylic acids is 4. The van der Waals surface area contributed by atoms with Crippen molar-refractivity contribution in [2.24, 2.45) is 0 Å². The highest BCUT2D eigenvalue weighted by atomic mass is 19.4. The fraction of sp³-hybridized carbons (Fsp3) is 0.400. The molecule has 2 fully saturated rings. The minimum atomic E-state index is -5.08. The van der Waals surface area contributed by atoms with Crippen molar-refractivity contribution in [2.45, 2.75) is 57.2 Å². The van der Waals surface area contributed by atoms with Gasteiger partial charge in [-0.15, -0.1) is 18.3 Å². The molecule has 47 heavy (non-hydrogen) atoms. The smallest absolute Gasteiger partial charge is 0.406 e. The van der Waals surface area contributed by atoms with Crippen LogP contribution in [0.5, 0.6) is 5.75 Å². The number of piperidine rings is 1. The summed E-state index contributed by atoms with van der Waals surface area (Å²) in [5.41, 5.74) is 0.0345. The summed E-state index contributed by atoms with van der Waals surface area (Å²) in [7, 11) is 0. The second-order valence-corrected chi connectivity index (χ2v) is 11.3. The number of nitrogens with one attached hydrogen (secondary N) is 1. The Bertz CT molecular complexity index is 1710. The van der Waals surface area contributed by atoms with Crippen LogP contribution in [0.1, 0.15) is 36.5 Å². The van der Waals surface area contributed by atoms with Gasteiger partial charge in [0.15, 0.2) is 5.78 Å². The van der Waals surface area contributed by atoms with E-state index in [0.717, 1.165) is 28.0 Å². The van der Waals surface area contributed by atoms with Gasteiger partial charge < -0.3 is 24.4 Å². The van der Waals surface area contributed by atoms with Crippen molar-refractivity contribution in [3.63, 3.8) is 0 Å². The summed E-state index contributed by atoms with van der Waals surface area (Å²) in [6, 6.07) is 5.47. The van der Waals surface area contributed by atoms with E-state index in [4.69, 9.17) is 0 Å². The van der Waals surface area contributed by atoms with Crippen LogP contribution in [0.4, 0.5) is 47.0 Å². The first-order valence-electron chi connectivity index (χ1n) is 14.4. The first kappa shape index (κ1) is 33.5. The van der Waals surface area contributed by atoms with E-state index in [2.05, 4.69) is 10.1 Å². The van der Waals surface area contributed by atoms with Crippen LogP contribution < -0.4 is 15.2 Å². The van der Waals surface area contributed by atoms with Crippen molar-refractivity contribution >= 4 is 45.9 Å². The Morgan fingerprint density at radius 2 is 1.85 bits per heavy atom. The Morgan fingerprint density at radius 3 is 2.53 bits per heavy atom. The van der Waals surface area contributed by atoms with Gasteiger partial charge in [-0.1, -0.05) is 10.5 Å². The number of alkyl halides is 6. The number of carbonyl (C=O) groups is 4. The van der Waals surface area contributed by atoms with Crippen LogP contribution in [0.25, 0.3) is 10.9 Å². The van der Waals surface area contributed by atoms with Crippen LogP contribution in [0.2, 0.25) is 0 Å². The number of anilines is 2. The van der Waals surface area contributed by atoms with Crippen LogP contribution in [-0.4, -0.2) is 82.1 Å². The predicted octanol–water partition coefficient (Wildman–Crippen LogP) is 5.86. The lowest BCUT2D eigenvalue weighted by Crippen LogP contribution is -2.47. The molecule has 2 saturated heterocycles. The number of aromatic nitrogens is 1. The molecule has 1 N–H and O–H groups in total. The summed E-state index contributed by atoms with van der Waals surface area (Å²) in [5, 5.41) is 2.36. The SMILES string of the molecule is CC(=O)c1cn(CC(=O)N2C[C@H](F)C[C@H]2C(=O)N(F)c2cccc(OC(F)(F)F)c2)c2ccc(NC(=O)N3CCCC(F)(F)C3)cc12. The van der Waals surface area contributed by atoms with Gasteiger partial charge in [-0.25, -0.2) is 18.0 Å². The molecule has 2 aromatic carbocycles.